The van der Waals surface area contributed by atoms with Crippen molar-refractivity contribution >= 4 is 0 Å². The Morgan fingerprint density at radius 3 is 2.74 bits per heavy atom. The number of nitrogens with zero attached hydrogens (tertiary/aromatic N) is 2. The third-order valence-corrected chi connectivity index (χ3v) is 3.92. The maximum atomic E-state index is 5.94. The summed E-state index contributed by atoms with van der Waals surface area (Å²) in [6.45, 7) is 3.65. The van der Waals surface area contributed by atoms with Crippen molar-refractivity contribution in [3.8, 4) is 0 Å². The lowest BCUT2D eigenvalue weighted by atomic mass is 9.89. The molecule has 0 radical (unpaired) electrons. The molecule has 0 spiro atoms. The third-order valence-electron chi connectivity index (χ3n) is 3.92. The highest BCUT2D eigenvalue weighted by atomic mass is 16.5. The van der Waals surface area contributed by atoms with Gasteiger partial charge in [-0.25, -0.2) is 0 Å². The van der Waals surface area contributed by atoms with E-state index in [0.717, 1.165) is 31.9 Å². The molecule has 100 valence electrons. The fourth-order valence-corrected chi connectivity index (χ4v) is 2.95. The normalized spacial score (nSPS) is 23.8. The molecule has 2 aromatic rings. The monoisotopic (exact) mass is 257 g/mol. The summed E-state index contributed by atoms with van der Waals surface area (Å²) in [6, 6.07) is 12.6. The van der Waals surface area contributed by atoms with Gasteiger partial charge in [0, 0.05) is 31.6 Å². The van der Waals surface area contributed by atoms with Gasteiger partial charge in [-0.15, -0.1) is 0 Å². The molecule has 19 heavy (non-hydrogen) atoms. The predicted octanol–water partition coefficient (Wildman–Crippen LogP) is 1.85. The lowest BCUT2D eigenvalue weighted by Crippen LogP contribution is -2.23. The molecule has 3 rings (SSSR count). The molecular weight excluding hydrogens is 238 g/mol. The van der Waals surface area contributed by atoms with E-state index in [1.807, 2.05) is 6.07 Å². The van der Waals surface area contributed by atoms with Crippen LogP contribution in [0.5, 0.6) is 0 Å². The summed E-state index contributed by atoms with van der Waals surface area (Å²) in [7, 11) is 0. The Kier molecular flexibility index (Phi) is 3.62. The second-order valence-electron chi connectivity index (χ2n) is 5.20. The Balaban J connectivity index is 1.72. The first-order valence-corrected chi connectivity index (χ1v) is 6.73. The fourth-order valence-electron chi connectivity index (χ4n) is 2.95. The number of aromatic nitrogens is 1. The summed E-state index contributed by atoms with van der Waals surface area (Å²) in [5.74, 6) is 1.05. The van der Waals surface area contributed by atoms with Crippen molar-refractivity contribution in [3.63, 3.8) is 0 Å². The van der Waals surface area contributed by atoms with Gasteiger partial charge in [-0.1, -0.05) is 35.5 Å². The Hall–Kier alpha value is -1.65. The van der Waals surface area contributed by atoms with Crippen LogP contribution in [0.15, 0.2) is 47.2 Å². The van der Waals surface area contributed by atoms with E-state index in [9.17, 15) is 0 Å². The molecule has 2 heterocycles. The summed E-state index contributed by atoms with van der Waals surface area (Å²) in [4.78, 5) is 2.41. The van der Waals surface area contributed by atoms with E-state index < -0.39 is 0 Å². The highest BCUT2D eigenvalue weighted by Gasteiger charge is 2.32. The first kappa shape index (κ1) is 12.4. The van der Waals surface area contributed by atoms with E-state index in [-0.39, 0.29) is 0 Å². The van der Waals surface area contributed by atoms with Gasteiger partial charge in [0.2, 0.25) is 0 Å². The third kappa shape index (κ3) is 2.69. The average molecular weight is 257 g/mol. The number of benzene rings is 1. The van der Waals surface area contributed by atoms with Crippen molar-refractivity contribution in [2.75, 3.05) is 19.6 Å². The number of rotatable bonds is 4. The second-order valence-corrected chi connectivity index (χ2v) is 5.20. The van der Waals surface area contributed by atoms with Crippen LogP contribution in [0.2, 0.25) is 0 Å². The van der Waals surface area contributed by atoms with Gasteiger partial charge >= 0.3 is 0 Å². The van der Waals surface area contributed by atoms with Crippen molar-refractivity contribution in [3.05, 3.63) is 53.9 Å². The van der Waals surface area contributed by atoms with Gasteiger partial charge in [0.1, 0.15) is 6.26 Å². The van der Waals surface area contributed by atoms with Crippen LogP contribution in [0.1, 0.15) is 17.2 Å². The topological polar surface area (TPSA) is 55.3 Å². The minimum Gasteiger partial charge on any atom is -0.364 e. The zero-order chi connectivity index (χ0) is 13.1. The van der Waals surface area contributed by atoms with Gasteiger partial charge in [0.25, 0.3) is 0 Å². The average Bonchev–Trinajstić information content (AvgIpc) is 3.09. The van der Waals surface area contributed by atoms with Gasteiger partial charge in [-0.05, 0) is 18.0 Å². The summed E-state index contributed by atoms with van der Waals surface area (Å²) < 4.78 is 4.89. The minimum atomic E-state index is 0.523. The van der Waals surface area contributed by atoms with Gasteiger partial charge in [-0.2, -0.15) is 0 Å². The van der Waals surface area contributed by atoms with Gasteiger partial charge < -0.3 is 10.3 Å². The van der Waals surface area contributed by atoms with Crippen LogP contribution >= 0.6 is 0 Å². The van der Waals surface area contributed by atoms with Crippen molar-refractivity contribution in [1.29, 1.82) is 0 Å². The molecule has 2 N–H and O–H groups in total. The molecule has 0 aliphatic carbocycles. The lowest BCUT2D eigenvalue weighted by Gasteiger charge is -2.16. The number of likely N-dealkylation sites (tertiary alicyclic amines) is 1. The lowest BCUT2D eigenvalue weighted by molar-refractivity contribution is 0.302. The van der Waals surface area contributed by atoms with Crippen LogP contribution in [-0.4, -0.2) is 29.7 Å². The molecule has 0 saturated carbocycles. The molecule has 1 aromatic carbocycles. The standard InChI is InChI=1S/C15H19N3O/c16-8-13-9-18(10-14-6-7-19-17-14)11-15(13)12-4-2-1-3-5-12/h1-7,13,15H,8-11,16H2/t13-,15+/m1/s1. The van der Waals surface area contributed by atoms with Crippen molar-refractivity contribution in [1.82, 2.24) is 10.1 Å². The van der Waals surface area contributed by atoms with E-state index in [0.29, 0.717) is 11.8 Å². The summed E-state index contributed by atoms with van der Waals surface area (Å²) in [5.41, 5.74) is 8.32. The molecule has 4 nitrogen and oxygen atoms in total. The smallest absolute Gasteiger partial charge is 0.124 e. The largest absolute Gasteiger partial charge is 0.364 e. The molecule has 0 unspecified atom stereocenters. The quantitative estimate of drug-likeness (QED) is 0.908. The first-order chi connectivity index (χ1) is 9.36. The SMILES string of the molecule is NC[C@@H]1CN(Cc2ccon2)C[C@H]1c1ccccc1. The molecular formula is C15H19N3O. The molecule has 4 heteroatoms. The Morgan fingerprint density at radius 2 is 2.05 bits per heavy atom. The number of nitrogens with two attached hydrogens (primary N) is 1. The molecule has 1 fully saturated rings. The van der Waals surface area contributed by atoms with Crippen LogP contribution in [0.3, 0.4) is 0 Å². The summed E-state index contributed by atoms with van der Waals surface area (Å²) >= 11 is 0. The van der Waals surface area contributed by atoms with E-state index in [4.69, 9.17) is 10.3 Å². The van der Waals surface area contributed by atoms with Crippen molar-refractivity contribution in [2.24, 2.45) is 11.7 Å². The van der Waals surface area contributed by atoms with Crippen LogP contribution in [-0.2, 0) is 6.54 Å². The maximum absolute atomic E-state index is 5.94. The molecule has 0 amide bonds. The summed E-state index contributed by atoms with van der Waals surface area (Å²) in [5, 5.41) is 3.98. The molecule has 1 aliphatic heterocycles. The van der Waals surface area contributed by atoms with Crippen molar-refractivity contribution in [2.45, 2.75) is 12.5 Å². The zero-order valence-corrected chi connectivity index (χ0v) is 10.9. The fraction of sp³-hybridized carbons (Fsp3) is 0.400. The highest BCUT2D eigenvalue weighted by molar-refractivity contribution is 5.22. The number of hydrogen-bond donors (Lipinski definition) is 1. The molecule has 1 saturated heterocycles. The molecule has 1 aromatic heterocycles. The maximum Gasteiger partial charge on any atom is 0.124 e. The highest BCUT2D eigenvalue weighted by Crippen LogP contribution is 2.32. The van der Waals surface area contributed by atoms with Crippen LogP contribution in [0.4, 0.5) is 0 Å². The second kappa shape index (κ2) is 5.55. The Labute approximate surface area is 113 Å². The Morgan fingerprint density at radius 1 is 1.21 bits per heavy atom. The molecule has 0 bridgehead atoms. The molecule has 1 aliphatic rings. The van der Waals surface area contributed by atoms with E-state index in [1.165, 1.54) is 5.56 Å². The van der Waals surface area contributed by atoms with Gasteiger partial charge in [0.15, 0.2) is 0 Å². The van der Waals surface area contributed by atoms with Crippen LogP contribution in [0, 0.1) is 5.92 Å². The van der Waals surface area contributed by atoms with Gasteiger partial charge in [0.05, 0.1) is 5.69 Å². The predicted molar refractivity (Wildman–Crippen MR) is 73.5 cm³/mol. The van der Waals surface area contributed by atoms with E-state index >= 15 is 0 Å². The Bertz CT molecular complexity index is 497. The first-order valence-electron chi connectivity index (χ1n) is 6.73. The van der Waals surface area contributed by atoms with Crippen LogP contribution < -0.4 is 5.73 Å². The van der Waals surface area contributed by atoms with Crippen LogP contribution in [0.25, 0.3) is 0 Å². The zero-order valence-electron chi connectivity index (χ0n) is 10.9. The van der Waals surface area contributed by atoms with E-state index in [1.54, 1.807) is 6.26 Å². The minimum absolute atomic E-state index is 0.523. The number of hydrogen-bond acceptors (Lipinski definition) is 4. The van der Waals surface area contributed by atoms with Gasteiger partial charge in [-0.3, -0.25) is 4.90 Å². The van der Waals surface area contributed by atoms with E-state index in [2.05, 4.69) is 40.4 Å². The summed E-state index contributed by atoms with van der Waals surface area (Å²) in [6.07, 6.45) is 1.63. The molecule has 2 atom stereocenters. The van der Waals surface area contributed by atoms with Crippen molar-refractivity contribution < 1.29 is 4.52 Å².